The summed E-state index contributed by atoms with van der Waals surface area (Å²) in [6.07, 6.45) is 7.58. The summed E-state index contributed by atoms with van der Waals surface area (Å²) in [5, 5.41) is 20.2. The summed E-state index contributed by atoms with van der Waals surface area (Å²) in [6, 6.07) is 2.01. The maximum atomic E-state index is 11.0. The average molecular weight is 346 g/mol. The lowest BCUT2D eigenvalue weighted by Crippen LogP contribution is -2.23. The Bertz CT molecular complexity index is 464. The summed E-state index contributed by atoms with van der Waals surface area (Å²) < 4.78 is 0.513. The van der Waals surface area contributed by atoms with Gasteiger partial charge in [-0.05, 0) is 34.8 Å². The van der Waals surface area contributed by atoms with Crippen molar-refractivity contribution in [3.63, 3.8) is 0 Å². The number of pyridine rings is 1. The lowest BCUT2D eigenvalue weighted by molar-refractivity contribution is 0.0696. The minimum Gasteiger partial charge on any atom is -0.478 e. The molecule has 0 bridgehead atoms. The molecule has 8 heteroatoms. The molecule has 0 spiro atoms. The van der Waals surface area contributed by atoms with Gasteiger partial charge in [-0.3, -0.25) is 0 Å². The van der Waals surface area contributed by atoms with Gasteiger partial charge in [0.05, 0.1) is 10.0 Å². The number of anilines is 1. The molecule has 7 nitrogen and oxygen atoms in total. The number of carboxylic acid groups (broad SMARTS) is 1. The number of hydrogen-bond acceptors (Lipinski definition) is 5. The molecule has 0 atom stereocenters. The number of rotatable bonds is 3. The number of halogens is 1. The van der Waals surface area contributed by atoms with Crippen molar-refractivity contribution in [3.8, 4) is 0 Å². The van der Waals surface area contributed by atoms with E-state index in [-0.39, 0.29) is 5.56 Å². The molecule has 1 aromatic heterocycles. The van der Waals surface area contributed by atoms with E-state index < -0.39 is 5.97 Å². The highest BCUT2D eigenvalue weighted by atomic mass is 79.9. The molecule has 20 heavy (non-hydrogen) atoms. The lowest BCUT2D eigenvalue weighted by Gasteiger charge is -2.23. The normalized spacial score (nSPS) is 14.8. The summed E-state index contributed by atoms with van der Waals surface area (Å²) in [6.45, 7) is 0. The predicted octanol–water partition coefficient (Wildman–Crippen LogP) is 3.43. The second-order valence-electron chi connectivity index (χ2n) is 4.42. The molecule has 0 saturated heterocycles. The van der Waals surface area contributed by atoms with Crippen molar-refractivity contribution in [2.45, 2.75) is 38.1 Å². The Kier molecular flexibility index (Phi) is 6.92. The Morgan fingerprint density at radius 2 is 2.00 bits per heavy atom. The van der Waals surface area contributed by atoms with Crippen molar-refractivity contribution in [2.24, 2.45) is 5.34 Å². The third kappa shape index (κ3) is 5.12. The SMILES string of the molecule is O=C(O)c1cc(NC2CCCCC2)ncc1Br.O=NO. The zero-order chi connectivity index (χ0) is 15.0. The van der Waals surface area contributed by atoms with Gasteiger partial charge in [0.1, 0.15) is 5.82 Å². The molecular formula is C12H16BrN3O4. The Morgan fingerprint density at radius 1 is 1.40 bits per heavy atom. The summed E-state index contributed by atoms with van der Waals surface area (Å²) in [7, 11) is 0. The van der Waals surface area contributed by atoms with Gasteiger partial charge in [-0.25, -0.2) is 9.78 Å². The van der Waals surface area contributed by atoms with E-state index in [1.54, 1.807) is 6.07 Å². The average Bonchev–Trinajstić information content (AvgIpc) is 2.43. The monoisotopic (exact) mass is 345 g/mol. The van der Waals surface area contributed by atoms with Gasteiger partial charge in [-0.2, -0.15) is 0 Å². The Labute approximate surface area is 124 Å². The van der Waals surface area contributed by atoms with E-state index in [1.165, 1.54) is 30.8 Å². The molecule has 0 amide bonds. The Hall–Kier alpha value is -1.70. The zero-order valence-electron chi connectivity index (χ0n) is 10.8. The maximum Gasteiger partial charge on any atom is 0.337 e. The van der Waals surface area contributed by atoms with E-state index in [0.717, 1.165) is 12.8 Å². The van der Waals surface area contributed by atoms with Crippen molar-refractivity contribution >= 4 is 27.7 Å². The topological polar surface area (TPSA) is 112 Å². The van der Waals surface area contributed by atoms with Gasteiger partial charge in [-0.1, -0.05) is 19.3 Å². The first-order valence-electron chi connectivity index (χ1n) is 6.20. The second-order valence-corrected chi connectivity index (χ2v) is 5.27. The lowest BCUT2D eigenvalue weighted by atomic mass is 9.95. The summed E-state index contributed by atoms with van der Waals surface area (Å²) in [4.78, 5) is 23.3. The summed E-state index contributed by atoms with van der Waals surface area (Å²) in [5.41, 5.74) is 0.248. The smallest absolute Gasteiger partial charge is 0.337 e. The minimum absolute atomic E-state index is 0.248. The van der Waals surface area contributed by atoms with Crippen LogP contribution in [0.4, 0.5) is 5.82 Å². The fourth-order valence-corrected chi connectivity index (χ4v) is 2.52. The largest absolute Gasteiger partial charge is 0.478 e. The second kappa shape index (κ2) is 8.47. The molecule has 0 aromatic carbocycles. The minimum atomic E-state index is -0.939. The fourth-order valence-electron chi connectivity index (χ4n) is 2.14. The van der Waals surface area contributed by atoms with Crippen LogP contribution in [0.15, 0.2) is 22.1 Å². The zero-order valence-corrected chi connectivity index (χ0v) is 12.3. The molecule has 1 fully saturated rings. The van der Waals surface area contributed by atoms with Gasteiger partial charge < -0.3 is 15.6 Å². The van der Waals surface area contributed by atoms with Crippen LogP contribution >= 0.6 is 15.9 Å². The van der Waals surface area contributed by atoms with Crippen LogP contribution in [-0.4, -0.2) is 27.3 Å². The van der Waals surface area contributed by atoms with Crippen molar-refractivity contribution in [1.82, 2.24) is 4.98 Å². The van der Waals surface area contributed by atoms with Crippen LogP contribution in [-0.2, 0) is 0 Å². The number of hydrogen-bond donors (Lipinski definition) is 3. The van der Waals surface area contributed by atoms with Gasteiger partial charge in [0.15, 0.2) is 5.34 Å². The van der Waals surface area contributed by atoms with Crippen molar-refractivity contribution in [2.75, 3.05) is 5.32 Å². The van der Waals surface area contributed by atoms with Gasteiger partial charge >= 0.3 is 5.97 Å². The van der Waals surface area contributed by atoms with Gasteiger partial charge in [0.2, 0.25) is 0 Å². The molecule has 0 unspecified atom stereocenters. The van der Waals surface area contributed by atoms with E-state index in [4.69, 9.17) is 15.2 Å². The van der Waals surface area contributed by atoms with Crippen LogP contribution in [0.25, 0.3) is 0 Å². The highest BCUT2D eigenvalue weighted by Crippen LogP contribution is 2.23. The quantitative estimate of drug-likeness (QED) is 0.571. The van der Waals surface area contributed by atoms with E-state index in [0.29, 0.717) is 16.3 Å². The molecular weight excluding hydrogens is 330 g/mol. The van der Waals surface area contributed by atoms with E-state index in [2.05, 4.69) is 26.2 Å². The van der Waals surface area contributed by atoms with Crippen LogP contribution in [0.2, 0.25) is 0 Å². The van der Waals surface area contributed by atoms with Crippen LogP contribution in [0, 0.1) is 4.91 Å². The number of carbonyl (C=O) groups is 1. The molecule has 3 N–H and O–H groups in total. The summed E-state index contributed by atoms with van der Waals surface area (Å²) >= 11 is 3.19. The first-order valence-corrected chi connectivity index (χ1v) is 7.00. The molecule has 2 rings (SSSR count). The molecule has 110 valence electrons. The maximum absolute atomic E-state index is 11.0. The first kappa shape index (κ1) is 16.4. The number of aromatic nitrogens is 1. The molecule has 1 aliphatic carbocycles. The number of nitrogens with zero attached hydrogens (tertiary/aromatic N) is 2. The molecule has 1 aromatic rings. The van der Waals surface area contributed by atoms with Crippen LogP contribution < -0.4 is 5.32 Å². The van der Waals surface area contributed by atoms with Crippen LogP contribution in [0.3, 0.4) is 0 Å². The first-order chi connectivity index (χ1) is 9.58. The Morgan fingerprint density at radius 3 is 2.55 bits per heavy atom. The number of carboxylic acids is 1. The van der Waals surface area contributed by atoms with Crippen molar-refractivity contribution in [3.05, 3.63) is 27.2 Å². The van der Waals surface area contributed by atoms with Gasteiger partial charge in [-0.15, -0.1) is 4.91 Å². The molecule has 1 heterocycles. The van der Waals surface area contributed by atoms with Crippen LogP contribution in [0.1, 0.15) is 42.5 Å². The Balaban J connectivity index is 0.000000612. The molecule has 1 aliphatic rings. The number of aromatic carboxylic acids is 1. The molecule has 0 aliphatic heterocycles. The van der Waals surface area contributed by atoms with E-state index in [1.807, 2.05) is 0 Å². The predicted molar refractivity (Wildman–Crippen MR) is 77.0 cm³/mol. The number of nitrogens with one attached hydrogen (secondary N) is 1. The third-order valence-corrected chi connectivity index (χ3v) is 3.67. The van der Waals surface area contributed by atoms with Crippen molar-refractivity contribution < 1.29 is 15.1 Å². The van der Waals surface area contributed by atoms with Crippen LogP contribution in [0.5, 0.6) is 0 Å². The highest BCUT2D eigenvalue weighted by molar-refractivity contribution is 9.10. The van der Waals surface area contributed by atoms with Gasteiger partial charge in [0, 0.05) is 12.2 Å². The summed E-state index contributed by atoms with van der Waals surface area (Å²) in [5.74, 6) is -0.288. The van der Waals surface area contributed by atoms with Gasteiger partial charge in [0.25, 0.3) is 0 Å². The fraction of sp³-hybridized carbons (Fsp3) is 0.500. The molecule has 0 radical (unpaired) electrons. The van der Waals surface area contributed by atoms with E-state index >= 15 is 0 Å². The third-order valence-electron chi connectivity index (χ3n) is 3.04. The van der Waals surface area contributed by atoms with Crippen molar-refractivity contribution in [1.29, 1.82) is 0 Å². The molecule has 1 saturated carbocycles. The highest BCUT2D eigenvalue weighted by Gasteiger charge is 2.15. The standard InChI is InChI=1S/C12H15BrN2O2.HNO2/c13-10-7-14-11(6-9(10)12(16)17)15-8-4-2-1-3-5-8;2-1-3/h6-8H,1-5H2,(H,14,15)(H,16,17);(H,2,3). The van der Waals surface area contributed by atoms with E-state index in [9.17, 15) is 4.79 Å².